The third kappa shape index (κ3) is 4.95. The first kappa shape index (κ1) is 24.9. The lowest BCUT2D eigenvalue weighted by atomic mass is 9.87. The Hall–Kier alpha value is -3.22. The third-order valence-corrected chi connectivity index (χ3v) is 6.27. The molecular weight excluding hydrogens is 499 g/mol. The van der Waals surface area contributed by atoms with Crippen LogP contribution >= 0.6 is 11.6 Å². The van der Waals surface area contributed by atoms with E-state index in [2.05, 4.69) is 15.3 Å². The quantitative estimate of drug-likeness (QED) is 0.601. The minimum Gasteiger partial charge on any atom is -0.381 e. The molecule has 2 unspecified atom stereocenters. The number of benzene rings is 1. The number of nitrogens with one attached hydrogen (secondary N) is 1. The van der Waals surface area contributed by atoms with Crippen molar-refractivity contribution in [2.75, 3.05) is 29.0 Å². The van der Waals surface area contributed by atoms with Crippen molar-refractivity contribution in [1.29, 1.82) is 0 Å². The molecule has 3 N–H and O–H groups in total. The number of nitrogens with two attached hydrogens (primary N) is 1. The molecule has 188 valence electrons. The van der Waals surface area contributed by atoms with Gasteiger partial charge in [0.1, 0.15) is 24.2 Å². The number of anilines is 3. The van der Waals surface area contributed by atoms with Crippen LogP contribution in [0.15, 0.2) is 24.5 Å². The van der Waals surface area contributed by atoms with E-state index in [9.17, 15) is 31.5 Å². The highest BCUT2D eigenvalue weighted by atomic mass is 35.5. The Morgan fingerprint density at radius 3 is 2.49 bits per heavy atom. The van der Waals surface area contributed by atoms with E-state index in [4.69, 9.17) is 17.3 Å². The number of hydrogen-bond acceptors (Lipinski definition) is 6. The summed E-state index contributed by atoms with van der Waals surface area (Å²) in [5.41, 5.74) is 5.59. The van der Waals surface area contributed by atoms with Crippen molar-refractivity contribution in [2.24, 2.45) is 5.92 Å². The number of hydrogen-bond donors (Lipinski definition) is 2. The Kier molecular flexibility index (Phi) is 6.71. The Bertz CT molecular complexity index is 1130. The molecule has 2 aliphatic rings. The number of piperidine rings is 2. The van der Waals surface area contributed by atoms with Crippen LogP contribution < -0.4 is 16.0 Å². The summed E-state index contributed by atoms with van der Waals surface area (Å²) >= 11 is 5.84. The number of halogens is 6. The van der Waals surface area contributed by atoms with Gasteiger partial charge in [0.2, 0.25) is 11.7 Å². The molecule has 1 aromatic heterocycles. The van der Waals surface area contributed by atoms with Crippen LogP contribution in [0.4, 0.5) is 39.3 Å². The van der Waals surface area contributed by atoms with Crippen LogP contribution in [0.5, 0.6) is 0 Å². The van der Waals surface area contributed by atoms with Gasteiger partial charge in [0.05, 0.1) is 5.92 Å². The molecule has 0 radical (unpaired) electrons. The fourth-order valence-electron chi connectivity index (χ4n) is 4.48. The van der Waals surface area contributed by atoms with Gasteiger partial charge < -0.3 is 16.0 Å². The normalized spacial score (nSPS) is 23.5. The maximum atomic E-state index is 14.5. The van der Waals surface area contributed by atoms with Gasteiger partial charge in [0.15, 0.2) is 11.6 Å². The van der Waals surface area contributed by atoms with E-state index in [1.807, 2.05) is 0 Å². The molecule has 2 fully saturated rings. The number of amides is 2. The number of nitrogen functional groups attached to an aromatic ring is 1. The summed E-state index contributed by atoms with van der Waals surface area (Å²) in [5.74, 6) is -6.99. The van der Waals surface area contributed by atoms with Crippen molar-refractivity contribution < 1.29 is 31.5 Å². The Morgan fingerprint density at radius 2 is 1.80 bits per heavy atom. The lowest BCUT2D eigenvalue weighted by Gasteiger charge is -2.45. The van der Waals surface area contributed by atoms with Crippen LogP contribution in [0.2, 0.25) is 5.02 Å². The fourth-order valence-corrected chi connectivity index (χ4v) is 4.70. The predicted octanol–water partition coefficient (Wildman–Crippen LogP) is 3.38. The second kappa shape index (κ2) is 9.44. The molecule has 2 aliphatic heterocycles. The number of carbonyl (C=O) groups is 2. The van der Waals surface area contributed by atoms with Crippen molar-refractivity contribution in [3.63, 3.8) is 0 Å². The number of aromatic nitrogens is 2. The van der Waals surface area contributed by atoms with Crippen molar-refractivity contribution in [1.82, 2.24) is 14.9 Å². The first-order chi connectivity index (χ1) is 16.5. The summed E-state index contributed by atoms with van der Waals surface area (Å²) in [6, 6.07) is 0.555. The largest absolute Gasteiger partial charge is 0.394 e. The van der Waals surface area contributed by atoms with E-state index in [0.717, 1.165) is 28.3 Å². The summed E-state index contributed by atoms with van der Waals surface area (Å²) in [6.45, 7) is -0.593. The zero-order valence-corrected chi connectivity index (χ0v) is 18.8. The molecular formula is C21H20ClF5N6O2. The molecule has 1 aromatic carbocycles. The van der Waals surface area contributed by atoms with E-state index < -0.39 is 72.2 Å². The van der Waals surface area contributed by atoms with Crippen LogP contribution in [-0.4, -0.2) is 58.0 Å². The Balaban J connectivity index is 1.65. The average Bonchev–Trinajstić information content (AvgIpc) is 2.76. The molecule has 0 spiro atoms. The first-order valence-electron chi connectivity index (χ1n) is 10.6. The van der Waals surface area contributed by atoms with Crippen LogP contribution in [0.3, 0.4) is 0 Å². The van der Waals surface area contributed by atoms with Crippen LogP contribution in [0, 0.1) is 17.6 Å². The Labute approximate surface area is 201 Å². The highest BCUT2D eigenvalue weighted by Crippen LogP contribution is 2.40. The number of likely N-dealkylation sites (tertiary alicyclic amines) is 1. The highest BCUT2D eigenvalue weighted by Gasteiger charge is 2.55. The van der Waals surface area contributed by atoms with Crippen molar-refractivity contribution in [2.45, 2.75) is 37.5 Å². The summed E-state index contributed by atoms with van der Waals surface area (Å²) in [5, 5.41) is 2.85. The minimum atomic E-state index is -4.80. The fraction of sp³-hybridized carbons (Fsp3) is 0.429. The average molecular weight is 519 g/mol. The molecule has 0 saturated carbocycles. The summed E-state index contributed by atoms with van der Waals surface area (Å²) in [4.78, 5) is 35.3. The molecule has 3 atom stereocenters. The van der Waals surface area contributed by atoms with E-state index in [-0.39, 0.29) is 30.1 Å². The van der Waals surface area contributed by atoms with Gasteiger partial charge in [-0.15, -0.1) is 0 Å². The van der Waals surface area contributed by atoms with E-state index in [1.54, 1.807) is 0 Å². The minimum absolute atomic E-state index is 0.0639. The molecule has 2 saturated heterocycles. The molecule has 2 amide bonds. The van der Waals surface area contributed by atoms with Crippen LogP contribution in [-0.2, 0) is 9.59 Å². The lowest BCUT2D eigenvalue weighted by Crippen LogP contribution is -2.64. The van der Waals surface area contributed by atoms with Gasteiger partial charge >= 0.3 is 6.18 Å². The van der Waals surface area contributed by atoms with Gasteiger partial charge in [-0.25, -0.2) is 14.4 Å². The van der Waals surface area contributed by atoms with Crippen molar-refractivity contribution in [3.05, 3.63) is 41.2 Å². The molecule has 4 rings (SSSR count). The second-order valence-corrected chi connectivity index (χ2v) is 8.73. The number of alkyl halides is 3. The number of carbonyl (C=O) groups excluding carboxylic acids is 2. The van der Waals surface area contributed by atoms with Gasteiger partial charge in [-0.2, -0.15) is 17.6 Å². The second-order valence-electron chi connectivity index (χ2n) is 8.30. The summed E-state index contributed by atoms with van der Waals surface area (Å²) < 4.78 is 70.1. The van der Waals surface area contributed by atoms with Gasteiger partial charge in [-0.3, -0.25) is 14.5 Å². The molecule has 35 heavy (non-hydrogen) atoms. The smallest absolute Gasteiger partial charge is 0.381 e. The van der Waals surface area contributed by atoms with Crippen molar-refractivity contribution >= 4 is 40.7 Å². The predicted molar refractivity (Wildman–Crippen MR) is 116 cm³/mol. The maximum Gasteiger partial charge on any atom is 0.394 e. The van der Waals surface area contributed by atoms with Crippen LogP contribution in [0.25, 0.3) is 0 Å². The van der Waals surface area contributed by atoms with E-state index >= 15 is 0 Å². The maximum absolute atomic E-state index is 14.5. The summed E-state index contributed by atoms with van der Waals surface area (Å²) in [7, 11) is 0. The molecule has 2 aromatic rings. The summed E-state index contributed by atoms with van der Waals surface area (Å²) in [6.07, 6.45) is -3.98. The lowest BCUT2D eigenvalue weighted by molar-refractivity contribution is -0.200. The molecule has 3 heterocycles. The van der Waals surface area contributed by atoms with Gasteiger partial charge in [-0.05, 0) is 37.5 Å². The van der Waals surface area contributed by atoms with Crippen molar-refractivity contribution in [3.8, 4) is 0 Å². The topological polar surface area (TPSA) is 104 Å². The van der Waals surface area contributed by atoms with Gasteiger partial charge in [0, 0.05) is 23.8 Å². The van der Waals surface area contributed by atoms with E-state index in [0.29, 0.717) is 0 Å². The highest BCUT2D eigenvalue weighted by molar-refractivity contribution is 6.30. The molecule has 8 nitrogen and oxygen atoms in total. The standard InChI is InChI=1S/C21H20ClF5N6O2/c22-10-6-11(23)8-12(7-10)31-14-2-1-4-32(19(14)34)16-13(21(25,26)27)3-5-33(20(16)35)18-15(24)17(28)29-9-30-18/h6-9,13-14,16,31H,1-5H2,(H2,28,29,30)/t13?,14-,16?/m0/s1. The SMILES string of the molecule is Nc1ncnc(N2CCC(C(F)(F)F)C(N3CCC[C@H](Nc4cc(F)cc(Cl)c4)C3=O)C2=O)c1F. The van der Waals surface area contributed by atoms with Gasteiger partial charge in [-0.1, -0.05) is 11.6 Å². The Morgan fingerprint density at radius 1 is 1.06 bits per heavy atom. The zero-order valence-electron chi connectivity index (χ0n) is 18.0. The first-order valence-corrected chi connectivity index (χ1v) is 11.0. The molecule has 14 heteroatoms. The third-order valence-electron chi connectivity index (χ3n) is 6.05. The van der Waals surface area contributed by atoms with Crippen LogP contribution in [0.1, 0.15) is 19.3 Å². The molecule has 0 bridgehead atoms. The van der Waals surface area contributed by atoms with Gasteiger partial charge in [0.25, 0.3) is 5.91 Å². The molecule has 0 aliphatic carbocycles. The number of rotatable bonds is 4. The zero-order chi connectivity index (χ0) is 25.5. The monoisotopic (exact) mass is 518 g/mol. The number of nitrogens with zero attached hydrogens (tertiary/aromatic N) is 4. The van der Waals surface area contributed by atoms with E-state index in [1.165, 1.54) is 6.07 Å².